The number of hydrogen-bond donors (Lipinski definition) is 1. The largest absolute Gasteiger partial charge is 0.390 e. The van der Waals surface area contributed by atoms with Gasteiger partial charge in [-0.3, -0.25) is 0 Å². The number of thioether (sulfide) groups is 1. The maximum Gasteiger partial charge on any atom is 0.193 e. The molecular formula is C26H41NO2S. The van der Waals surface area contributed by atoms with Crippen molar-refractivity contribution in [3.05, 3.63) is 11.8 Å². The number of aliphatic hydroxyl groups is 1. The van der Waals surface area contributed by atoms with Gasteiger partial charge < -0.3 is 9.63 Å². The van der Waals surface area contributed by atoms with Crippen LogP contribution in [0.1, 0.15) is 104 Å². The summed E-state index contributed by atoms with van der Waals surface area (Å²) < 4.78 is 5.71. The van der Waals surface area contributed by atoms with E-state index in [1.54, 1.807) is 11.8 Å². The molecule has 0 aliphatic heterocycles. The predicted octanol–water partition coefficient (Wildman–Crippen LogP) is 7.05. The molecule has 0 amide bonds. The Bertz CT molecular complexity index is 788. The average molecular weight is 432 g/mol. The standard InChI is InChI=1S/C26H41NO2S/c1-16(2)30-23-14-22(27-29-23)21-9-8-19-18-7-6-17-15-24(3,28)12-13-25(17,4)20(18)10-11-26(19,21)5/h14,16-21,28H,6-13,15H2,1-5H3/t17-,18?,19?,20?,21+,24+,25-,26-/m0/s1. The van der Waals surface area contributed by atoms with E-state index in [0.717, 1.165) is 41.6 Å². The van der Waals surface area contributed by atoms with Crippen molar-refractivity contribution in [2.24, 2.45) is 34.5 Å². The van der Waals surface area contributed by atoms with Gasteiger partial charge in [0, 0.05) is 17.2 Å². The van der Waals surface area contributed by atoms with Crippen molar-refractivity contribution in [1.82, 2.24) is 5.16 Å². The van der Waals surface area contributed by atoms with E-state index in [1.165, 1.54) is 50.6 Å². The maximum absolute atomic E-state index is 10.7. The first-order valence-electron chi connectivity index (χ1n) is 12.5. The van der Waals surface area contributed by atoms with E-state index in [0.29, 0.717) is 22.0 Å². The smallest absolute Gasteiger partial charge is 0.193 e. The van der Waals surface area contributed by atoms with Gasteiger partial charge >= 0.3 is 0 Å². The molecule has 4 fully saturated rings. The molecule has 0 spiro atoms. The van der Waals surface area contributed by atoms with Gasteiger partial charge in [0.1, 0.15) is 0 Å². The van der Waals surface area contributed by atoms with Gasteiger partial charge in [0.05, 0.1) is 11.3 Å². The molecule has 8 atom stereocenters. The van der Waals surface area contributed by atoms with Crippen molar-refractivity contribution in [3.63, 3.8) is 0 Å². The Kier molecular flexibility index (Phi) is 5.18. The molecule has 4 aliphatic rings. The van der Waals surface area contributed by atoms with Crippen LogP contribution in [0.3, 0.4) is 0 Å². The molecule has 5 rings (SSSR count). The minimum Gasteiger partial charge on any atom is -0.390 e. The number of rotatable bonds is 3. The van der Waals surface area contributed by atoms with Gasteiger partial charge in [-0.2, -0.15) is 0 Å². The highest BCUT2D eigenvalue weighted by Crippen LogP contribution is 2.69. The van der Waals surface area contributed by atoms with E-state index in [1.807, 2.05) is 0 Å². The monoisotopic (exact) mass is 431 g/mol. The molecule has 1 heterocycles. The highest BCUT2D eigenvalue weighted by Gasteiger charge is 2.61. The second-order valence-electron chi connectivity index (χ2n) is 12.3. The highest BCUT2D eigenvalue weighted by atomic mass is 32.2. The molecule has 4 aliphatic carbocycles. The van der Waals surface area contributed by atoms with Crippen molar-refractivity contribution in [3.8, 4) is 0 Å². The zero-order valence-electron chi connectivity index (χ0n) is 19.6. The third-order valence-electron chi connectivity index (χ3n) is 10.2. The van der Waals surface area contributed by atoms with E-state index >= 15 is 0 Å². The summed E-state index contributed by atoms with van der Waals surface area (Å²) in [6.07, 6.45) is 11.3. The van der Waals surface area contributed by atoms with Crippen LogP contribution in [0.25, 0.3) is 0 Å². The molecule has 0 saturated heterocycles. The van der Waals surface area contributed by atoms with E-state index in [2.05, 4.69) is 45.8 Å². The number of aromatic nitrogens is 1. The summed E-state index contributed by atoms with van der Waals surface area (Å²) in [6.45, 7) is 11.7. The second kappa shape index (κ2) is 7.27. The van der Waals surface area contributed by atoms with Crippen molar-refractivity contribution < 1.29 is 9.63 Å². The summed E-state index contributed by atoms with van der Waals surface area (Å²) in [5, 5.41) is 16.8. The lowest BCUT2D eigenvalue weighted by atomic mass is 9.44. The van der Waals surface area contributed by atoms with Crippen LogP contribution in [0.4, 0.5) is 0 Å². The lowest BCUT2D eigenvalue weighted by Gasteiger charge is -2.61. The van der Waals surface area contributed by atoms with E-state index in [9.17, 15) is 5.11 Å². The third-order valence-corrected chi connectivity index (χ3v) is 11.1. The molecule has 168 valence electrons. The summed E-state index contributed by atoms with van der Waals surface area (Å²) in [5.74, 6) is 3.84. The van der Waals surface area contributed by atoms with Crippen LogP contribution in [0.5, 0.6) is 0 Å². The van der Waals surface area contributed by atoms with Crippen LogP contribution < -0.4 is 0 Å². The molecule has 4 saturated carbocycles. The van der Waals surface area contributed by atoms with E-state index < -0.39 is 5.60 Å². The fraction of sp³-hybridized carbons (Fsp3) is 0.885. The van der Waals surface area contributed by atoms with Crippen LogP contribution in [-0.2, 0) is 0 Å². The Morgan fingerprint density at radius 3 is 2.53 bits per heavy atom. The van der Waals surface area contributed by atoms with Gasteiger partial charge in [-0.1, -0.05) is 44.6 Å². The minimum atomic E-state index is -0.433. The van der Waals surface area contributed by atoms with Crippen molar-refractivity contribution in [2.45, 2.75) is 114 Å². The van der Waals surface area contributed by atoms with Gasteiger partial charge in [0.2, 0.25) is 0 Å². The average Bonchev–Trinajstić information content (AvgIpc) is 3.25. The van der Waals surface area contributed by atoms with Gasteiger partial charge in [0.25, 0.3) is 0 Å². The van der Waals surface area contributed by atoms with Crippen molar-refractivity contribution >= 4 is 11.8 Å². The van der Waals surface area contributed by atoms with Crippen LogP contribution in [0, 0.1) is 34.5 Å². The molecule has 1 aromatic heterocycles. The summed E-state index contributed by atoms with van der Waals surface area (Å²) in [4.78, 5) is 0. The van der Waals surface area contributed by atoms with Gasteiger partial charge in [-0.25, -0.2) is 0 Å². The normalized spacial score (nSPS) is 48.3. The molecule has 30 heavy (non-hydrogen) atoms. The third kappa shape index (κ3) is 3.31. The minimum absolute atomic E-state index is 0.376. The first-order valence-corrected chi connectivity index (χ1v) is 13.4. The molecule has 1 N–H and O–H groups in total. The Morgan fingerprint density at radius 2 is 1.77 bits per heavy atom. The fourth-order valence-electron chi connectivity index (χ4n) is 8.64. The Hall–Kier alpha value is -0.480. The first-order chi connectivity index (χ1) is 14.1. The lowest BCUT2D eigenvalue weighted by Crippen LogP contribution is -2.55. The zero-order chi connectivity index (χ0) is 21.3. The number of hydrogen-bond acceptors (Lipinski definition) is 4. The molecule has 0 aromatic carbocycles. The summed E-state index contributed by atoms with van der Waals surface area (Å²) in [6, 6.07) is 2.25. The quantitative estimate of drug-likeness (QED) is 0.521. The molecule has 4 heteroatoms. The van der Waals surface area contributed by atoms with Crippen LogP contribution >= 0.6 is 11.8 Å². The molecule has 1 aromatic rings. The summed E-state index contributed by atoms with van der Waals surface area (Å²) in [7, 11) is 0. The van der Waals surface area contributed by atoms with Crippen LogP contribution in [0.2, 0.25) is 0 Å². The molecule has 0 radical (unpaired) electrons. The van der Waals surface area contributed by atoms with Crippen molar-refractivity contribution in [1.29, 1.82) is 0 Å². The Morgan fingerprint density at radius 1 is 1.00 bits per heavy atom. The topological polar surface area (TPSA) is 46.3 Å². The molecule has 3 unspecified atom stereocenters. The first kappa shape index (κ1) is 21.4. The summed E-state index contributed by atoms with van der Waals surface area (Å²) >= 11 is 1.79. The molecular weight excluding hydrogens is 390 g/mol. The van der Waals surface area contributed by atoms with Crippen LogP contribution in [-0.4, -0.2) is 21.1 Å². The summed E-state index contributed by atoms with van der Waals surface area (Å²) in [5.41, 5.74) is 1.60. The maximum atomic E-state index is 10.7. The Labute approximate surface area is 187 Å². The van der Waals surface area contributed by atoms with Gasteiger partial charge in [0.15, 0.2) is 5.09 Å². The number of fused-ring (bicyclic) bond motifs is 5. The van der Waals surface area contributed by atoms with E-state index in [4.69, 9.17) is 4.52 Å². The van der Waals surface area contributed by atoms with Crippen LogP contribution in [0.15, 0.2) is 15.7 Å². The second-order valence-corrected chi connectivity index (χ2v) is 13.9. The van der Waals surface area contributed by atoms with Gasteiger partial charge in [-0.15, -0.1) is 0 Å². The Balaban J connectivity index is 1.37. The fourth-order valence-corrected chi connectivity index (χ4v) is 9.37. The molecule has 3 nitrogen and oxygen atoms in total. The molecule has 0 bridgehead atoms. The number of nitrogens with zero attached hydrogens (tertiary/aromatic N) is 1. The zero-order valence-corrected chi connectivity index (χ0v) is 20.4. The highest BCUT2D eigenvalue weighted by molar-refractivity contribution is 7.99. The van der Waals surface area contributed by atoms with Crippen molar-refractivity contribution in [2.75, 3.05) is 0 Å². The lowest BCUT2D eigenvalue weighted by molar-refractivity contribution is -0.143. The SMILES string of the molecule is CC(C)Sc1cc([C@H]2CCC3C4CC[C@H]5C[C@](C)(O)CC[C@]5(C)C4CC[C@@]32C)no1. The predicted molar refractivity (Wildman–Crippen MR) is 123 cm³/mol. The van der Waals surface area contributed by atoms with E-state index in [-0.39, 0.29) is 0 Å². The van der Waals surface area contributed by atoms with Gasteiger partial charge in [-0.05, 0) is 99.2 Å².